The van der Waals surface area contributed by atoms with Crippen LogP contribution in [0.3, 0.4) is 0 Å². The van der Waals surface area contributed by atoms with E-state index in [0.717, 1.165) is 0 Å². The molecule has 0 saturated carbocycles. The van der Waals surface area contributed by atoms with Crippen LogP contribution >= 0.6 is 0 Å². The molecule has 0 spiro atoms. The second-order valence-corrected chi connectivity index (χ2v) is 9.40. The minimum Gasteiger partial charge on any atom is -0.484 e. The van der Waals surface area contributed by atoms with Crippen molar-refractivity contribution in [2.45, 2.75) is 44.3 Å². The average molecular weight is 444 g/mol. The lowest BCUT2D eigenvalue weighted by molar-refractivity contribution is -0.153. The van der Waals surface area contributed by atoms with Crippen molar-refractivity contribution in [3.8, 4) is 5.75 Å². The number of alkyl halides is 3. The van der Waals surface area contributed by atoms with Gasteiger partial charge in [0.25, 0.3) is 5.91 Å². The molecule has 6 nitrogen and oxygen atoms in total. The molecule has 0 saturated heterocycles. The Morgan fingerprint density at radius 2 is 1.73 bits per heavy atom. The Labute approximate surface area is 173 Å². The number of rotatable bonds is 6. The van der Waals surface area contributed by atoms with Crippen LogP contribution in [0.15, 0.2) is 47.4 Å². The fourth-order valence-electron chi connectivity index (χ4n) is 2.50. The van der Waals surface area contributed by atoms with Crippen molar-refractivity contribution in [1.82, 2.24) is 4.72 Å². The van der Waals surface area contributed by atoms with Gasteiger partial charge in [0.15, 0.2) is 6.61 Å². The Kier molecular flexibility index (Phi) is 6.83. The van der Waals surface area contributed by atoms with Gasteiger partial charge in [-0.2, -0.15) is 13.2 Å². The predicted octanol–water partition coefficient (Wildman–Crippen LogP) is 4.27. The van der Waals surface area contributed by atoms with Crippen molar-refractivity contribution < 1.29 is 31.1 Å². The highest BCUT2D eigenvalue weighted by Crippen LogP contribution is 2.23. The Morgan fingerprint density at radius 3 is 2.33 bits per heavy atom. The van der Waals surface area contributed by atoms with Gasteiger partial charge in [0.2, 0.25) is 10.0 Å². The predicted molar refractivity (Wildman–Crippen MR) is 107 cm³/mol. The number of hydrogen-bond donors (Lipinski definition) is 2. The highest BCUT2D eigenvalue weighted by Gasteiger charge is 2.28. The second-order valence-electron chi connectivity index (χ2n) is 7.72. The van der Waals surface area contributed by atoms with E-state index in [0.29, 0.717) is 5.56 Å². The first kappa shape index (κ1) is 23.7. The third-order valence-corrected chi connectivity index (χ3v) is 5.45. The number of carbonyl (C=O) groups excluding carboxylic acids is 1. The average Bonchev–Trinajstić information content (AvgIpc) is 2.57. The molecule has 0 heterocycles. The van der Waals surface area contributed by atoms with E-state index in [9.17, 15) is 26.4 Å². The van der Waals surface area contributed by atoms with Crippen LogP contribution in [0.2, 0.25) is 0 Å². The highest BCUT2D eigenvalue weighted by atomic mass is 32.2. The number of aryl methyl sites for hydroxylation is 1. The zero-order chi connectivity index (χ0) is 22.7. The van der Waals surface area contributed by atoms with Crippen molar-refractivity contribution in [3.63, 3.8) is 0 Å². The van der Waals surface area contributed by atoms with E-state index in [1.54, 1.807) is 27.7 Å². The summed E-state index contributed by atoms with van der Waals surface area (Å²) in [5.41, 5.74) is 0.156. The van der Waals surface area contributed by atoms with Gasteiger partial charge in [-0.15, -0.1) is 0 Å². The lowest BCUT2D eigenvalue weighted by atomic mass is 10.1. The summed E-state index contributed by atoms with van der Waals surface area (Å²) in [6, 6.07) is 9.65. The lowest BCUT2D eigenvalue weighted by Crippen LogP contribution is -2.40. The maximum atomic E-state index is 12.7. The van der Waals surface area contributed by atoms with E-state index in [1.807, 2.05) is 0 Å². The summed E-state index contributed by atoms with van der Waals surface area (Å²) in [4.78, 5) is 12.6. The number of benzene rings is 2. The van der Waals surface area contributed by atoms with Crippen LogP contribution in [0.25, 0.3) is 0 Å². The summed E-state index contributed by atoms with van der Waals surface area (Å²) >= 11 is 0. The molecule has 0 aromatic heterocycles. The van der Waals surface area contributed by atoms with Crippen LogP contribution < -0.4 is 14.8 Å². The van der Waals surface area contributed by atoms with Crippen LogP contribution in [-0.4, -0.2) is 32.6 Å². The van der Waals surface area contributed by atoms with E-state index < -0.39 is 34.3 Å². The number of halogens is 3. The first-order valence-corrected chi connectivity index (χ1v) is 10.4. The van der Waals surface area contributed by atoms with E-state index in [-0.39, 0.29) is 21.9 Å². The highest BCUT2D eigenvalue weighted by molar-refractivity contribution is 7.89. The van der Waals surface area contributed by atoms with Crippen molar-refractivity contribution in [2.75, 3.05) is 11.9 Å². The Balaban J connectivity index is 2.24. The van der Waals surface area contributed by atoms with Gasteiger partial charge in [-0.25, -0.2) is 13.1 Å². The smallest absolute Gasteiger partial charge is 0.422 e. The third-order valence-electron chi connectivity index (χ3n) is 3.70. The standard InChI is InChI=1S/C20H23F3N2O4S/c1-13-8-9-16(30(27,28)25-19(2,3)4)11-17(13)18(26)24-14-6-5-7-15(10-14)29-12-20(21,22)23/h5-11,25H,12H2,1-4H3,(H,24,26). The number of nitrogens with one attached hydrogen (secondary N) is 2. The van der Waals surface area contributed by atoms with Gasteiger partial charge in [0.05, 0.1) is 4.90 Å². The SMILES string of the molecule is Cc1ccc(S(=O)(=O)NC(C)(C)C)cc1C(=O)Nc1cccc(OCC(F)(F)F)c1. The maximum absolute atomic E-state index is 12.7. The molecule has 0 aliphatic rings. The van der Waals surface area contributed by atoms with Crippen molar-refractivity contribution in [3.05, 3.63) is 53.6 Å². The van der Waals surface area contributed by atoms with Crippen molar-refractivity contribution in [1.29, 1.82) is 0 Å². The van der Waals surface area contributed by atoms with E-state index in [1.165, 1.54) is 42.5 Å². The van der Waals surface area contributed by atoms with Crippen molar-refractivity contribution in [2.24, 2.45) is 0 Å². The van der Waals surface area contributed by atoms with E-state index >= 15 is 0 Å². The van der Waals surface area contributed by atoms with E-state index in [4.69, 9.17) is 0 Å². The van der Waals surface area contributed by atoms with E-state index in [2.05, 4.69) is 14.8 Å². The molecule has 2 N–H and O–H groups in total. The fraction of sp³-hybridized carbons (Fsp3) is 0.350. The summed E-state index contributed by atoms with van der Waals surface area (Å²) in [6.45, 7) is 5.27. The quantitative estimate of drug-likeness (QED) is 0.697. The first-order valence-electron chi connectivity index (χ1n) is 8.92. The minimum absolute atomic E-state index is 0.0625. The molecule has 0 bridgehead atoms. The zero-order valence-corrected chi connectivity index (χ0v) is 17.7. The molecule has 2 rings (SSSR count). The number of hydrogen-bond acceptors (Lipinski definition) is 4. The molecule has 30 heavy (non-hydrogen) atoms. The summed E-state index contributed by atoms with van der Waals surface area (Å²) in [5.74, 6) is -0.666. The van der Waals surface area contributed by atoms with Crippen molar-refractivity contribution >= 4 is 21.6 Å². The summed E-state index contributed by atoms with van der Waals surface area (Å²) < 4.78 is 69.2. The molecule has 0 radical (unpaired) electrons. The van der Waals surface area contributed by atoms with Gasteiger partial charge < -0.3 is 10.1 Å². The Morgan fingerprint density at radius 1 is 1.07 bits per heavy atom. The number of ether oxygens (including phenoxy) is 1. The molecule has 164 valence electrons. The summed E-state index contributed by atoms with van der Waals surface area (Å²) in [7, 11) is -3.85. The summed E-state index contributed by atoms with van der Waals surface area (Å²) in [5, 5.41) is 2.55. The molecule has 10 heteroatoms. The van der Waals surface area contributed by atoms with Gasteiger partial charge in [-0.05, 0) is 57.5 Å². The number of anilines is 1. The normalized spacial score (nSPS) is 12.5. The molecular weight excluding hydrogens is 421 g/mol. The molecule has 1 amide bonds. The minimum atomic E-state index is -4.48. The van der Waals surface area contributed by atoms with Crippen LogP contribution in [-0.2, 0) is 10.0 Å². The van der Waals surface area contributed by atoms with Crippen LogP contribution in [0.4, 0.5) is 18.9 Å². The lowest BCUT2D eigenvalue weighted by Gasteiger charge is -2.20. The van der Waals surface area contributed by atoms with Crippen LogP contribution in [0.1, 0.15) is 36.7 Å². The monoisotopic (exact) mass is 444 g/mol. The maximum Gasteiger partial charge on any atom is 0.422 e. The third kappa shape index (κ3) is 7.03. The van der Waals surface area contributed by atoms with Gasteiger partial charge >= 0.3 is 6.18 Å². The Bertz CT molecular complexity index is 1030. The number of carbonyl (C=O) groups is 1. The molecule has 0 unspecified atom stereocenters. The van der Waals surface area contributed by atoms with Gasteiger partial charge in [0, 0.05) is 22.9 Å². The summed E-state index contributed by atoms with van der Waals surface area (Å²) in [6.07, 6.45) is -4.48. The van der Waals surface area contributed by atoms with Gasteiger partial charge in [-0.3, -0.25) is 4.79 Å². The molecular formula is C20H23F3N2O4S. The first-order chi connectivity index (χ1) is 13.7. The molecule has 2 aromatic carbocycles. The molecule has 0 aliphatic carbocycles. The fourth-order valence-corrected chi connectivity index (χ4v) is 3.95. The van der Waals surface area contributed by atoms with Crippen LogP contribution in [0.5, 0.6) is 5.75 Å². The number of sulfonamides is 1. The van der Waals surface area contributed by atoms with Gasteiger partial charge in [0.1, 0.15) is 5.75 Å². The topological polar surface area (TPSA) is 84.5 Å². The molecule has 2 aromatic rings. The molecule has 0 atom stereocenters. The second kappa shape index (κ2) is 8.65. The molecule has 0 fully saturated rings. The zero-order valence-electron chi connectivity index (χ0n) is 16.9. The largest absolute Gasteiger partial charge is 0.484 e. The molecule has 0 aliphatic heterocycles. The van der Waals surface area contributed by atoms with Crippen LogP contribution in [0, 0.1) is 6.92 Å². The number of amides is 1. The Hall–Kier alpha value is -2.59. The van der Waals surface area contributed by atoms with Gasteiger partial charge in [-0.1, -0.05) is 12.1 Å².